The predicted octanol–water partition coefficient (Wildman–Crippen LogP) is 4.44. The quantitative estimate of drug-likeness (QED) is 0.581. The highest BCUT2D eigenvalue weighted by molar-refractivity contribution is 7.92. The Balaban J connectivity index is 1.73. The van der Waals surface area contributed by atoms with Crippen molar-refractivity contribution in [3.8, 4) is 0 Å². The van der Waals surface area contributed by atoms with Crippen molar-refractivity contribution in [1.82, 2.24) is 10.3 Å². The summed E-state index contributed by atoms with van der Waals surface area (Å²) in [7, 11) is -3.74. The van der Waals surface area contributed by atoms with Crippen molar-refractivity contribution in [2.24, 2.45) is 0 Å². The van der Waals surface area contributed by atoms with Crippen LogP contribution in [0, 0.1) is 13.8 Å². The van der Waals surface area contributed by atoms with Gasteiger partial charge in [0.25, 0.3) is 15.9 Å². The SMILES string of the molecule is CCC(NC(=O)c1ccc(S(=O)(=O)Nc2ccccc2C)cc1)c1nc(C)cs1. The standard InChI is InChI=1S/C21H23N3O3S2/c1-4-18(21-22-15(3)13-28-21)23-20(25)16-9-11-17(12-10-16)29(26,27)24-19-8-6-5-7-14(19)2/h5-13,18,24H,4H2,1-3H3,(H,23,25). The number of nitrogens with one attached hydrogen (secondary N) is 2. The number of hydrogen-bond donors (Lipinski definition) is 2. The zero-order valence-electron chi connectivity index (χ0n) is 16.5. The summed E-state index contributed by atoms with van der Waals surface area (Å²) < 4.78 is 27.8. The van der Waals surface area contributed by atoms with Gasteiger partial charge in [0.15, 0.2) is 0 Å². The first-order chi connectivity index (χ1) is 13.8. The van der Waals surface area contributed by atoms with Crippen molar-refractivity contribution in [3.05, 3.63) is 75.7 Å². The predicted molar refractivity (Wildman–Crippen MR) is 116 cm³/mol. The van der Waals surface area contributed by atoms with Crippen molar-refractivity contribution in [1.29, 1.82) is 0 Å². The lowest BCUT2D eigenvalue weighted by atomic mass is 10.1. The van der Waals surface area contributed by atoms with E-state index in [1.807, 2.05) is 38.3 Å². The van der Waals surface area contributed by atoms with Crippen LogP contribution in [-0.2, 0) is 10.0 Å². The summed E-state index contributed by atoms with van der Waals surface area (Å²) in [4.78, 5) is 17.1. The van der Waals surface area contributed by atoms with Crippen LogP contribution in [0.15, 0.2) is 58.8 Å². The van der Waals surface area contributed by atoms with Gasteiger partial charge in [-0.3, -0.25) is 9.52 Å². The number of aryl methyl sites for hydroxylation is 2. The molecule has 0 spiro atoms. The van der Waals surface area contributed by atoms with Crippen molar-refractivity contribution in [3.63, 3.8) is 0 Å². The van der Waals surface area contributed by atoms with Gasteiger partial charge in [0, 0.05) is 16.6 Å². The number of rotatable bonds is 7. The normalized spacial score (nSPS) is 12.4. The van der Waals surface area contributed by atoms with Crippen molar-refractivity contribution >= 4 is 33.0 Å². The molecular formula is C21H23N3O3S2. The Labute approximate surface area is 175 Å². The number of amides is 1. The molecule has 0 saturated carbocycles. The van der Waals surface area contributed by atoms with Gasteiger partial charge in [0.05, 0.1) is 16.6 Å². The number of sulfonamides is 1. The molecule has 3 rings (SSSR count). The largest absolute Gasteiger partial charge is 0.343 e. The lowest BCUT2D eigenvalue weighted by Gasteiger charge is -2.15. The maximum atomic E-state index is 12.6. The van der Waals surface area contributed by atoms with Crippen LogP contribution in [0.2, 0.25) is 0 Å². The number of carbonyl (C=O) groups is 1. The summed E-state index contributed by atoms with van der Waals surface area (Å²) >= 11 is 1.51. The minimum absolute atomic E-state index is 0.0971. The zero-order chi connectivity index (χ0) is 21.0. The fraction of sp³-hybridized carbons (Fsp3) is 0.238. The van der Waals surface area contributed by atoms with E-state index in [2.05, 4.69) is 15.0 Å². The molecule has 0 aliphatic carbocycles. The molecule has 2 aromatic carbocycles. The maximum absolute atomic E-state index is 12.6. The van der Waals surface area contributed by atoms with Gasteiger partial charge in [0.1, 0.15) is 5.01 Å². The van der Waals surface area contributed by atoms with E-state index < -0.39 is 10.0 Å². The molecule has 1 aromatic heterocycles. The van der Waals surface area contributed by atoms with Crippen molar-refractivity contribution in [2.45, 2.75) is 38.1 Å². The summed E-state index contributed by atoms with van der Waals surface area (Å²) in [5.41, 5.74) is 2.67. The van der Waals surface area contributed by atoms with E-state index in [0.29, 0.717) is 17.7 Å². The van der Waals surface area contributed by atoms with Crippen LogP contribution in [0.3, 0.4) is 0 Å². The van der Waals surface area contributed by atoms with Gasteiger partial charge in [0.2, 0.25) is 0 Å². The number of benzene rings is 2. The Morgan fingerprint density at radius 2 is 1.79 bits per heavy atom. The topological polar surface area (TPSA) is 88.2 Å². The molecule has 29 heavy (non-hydrogen) atoms. The third kappa shape index (κ3) is 5.02. The number of para-hydroxylation sites is 1. The number of carbonyl (C=O) groups excluding carboxylic acids is 1. The number of thiazole rings is 1. The summed E-state index contributed by atoms with van der Waals surface area (Å²) in [5, 5.41) is 5.77. The number of anilines is 1. The summed E-state index contributed by atoms with van der Waals surface area (Å²) in [5.74, 6) is -0.263. The van der Waals surface area contributed by atoms with Gasteiger partial charge >= 0.3 is 0 Å². The highest BCUT2D eigenvalue weighted by Gasteiger charge is 2.19. The fourth-order valence-electron chi connectivity index (χ4n) is 2.79. The molecule has 0 fully saturated rings. The molecule has 1 atom stereocenters. The molecule has 0 saturated heterocycles. The van der Waals surface area contributed by atoms with Crippen LogP contribution in [-0.4, -0.2) is 19.3 Å². The Morgan fingerprint density at radius 3 is 2.38 bits per heavy atom. The van der Waals surface area contributed by atoms with E-state index >= 15 is 0 Å². The number of nitrogens with zero attached hydrogens (tertiary/aromatic N) is 1. The van der Waals surface area contributed by atoms with Gasteiger partial charge in [-0.15, -0.1) is 11.3 Å². The second-order valence-corrected chi connectivity index (χ2v) is 9.28. The lowest BCUT2D eigenvalue weighted by Crippen LogP contribution is -2.28. The molecule has 1 heterocycles. The molecule has 8 heteroatoms. The van der Waals surface area contributed by atoms with Crippen molar-refractivity contribution < 1.29 is 13.2 Å². The second-order valence-electron chi connectivity index (χ2n) is 6.71. The molecule has 3 aromatic rings. The minimum atomic E-state index is -3.74. The second kappa shape index (κ2) is 8.75. The monoisotopic (exact) mass is 429 g/mol. The smallest absolute Gasteiger partial charge is 0.261 e. The Kier molecular flexibility index (Phi) is 6.34. The molecule has 1 amide bonds. The van der Waals surface area contributed by atoms with Gasteiger partial charge in [-0.25, -0.2) is 13.4 Å². The Bertz CT molecular complexity index is 1110. The summed E-state index contributed by atoms with van der Waals surface area (Å²) in [6, 6.07) is 12.9. The summed E-state index contributed by atoms with van der Waals surface area (Å²) in [6.07, 6.45) is 0.714. The maximum Gasteiger partial charge on any atom is 0.261 e. The minimum Gasteiger partial charge on any atom is -0.343 e. The molecule has 2 N–H and O–H groups in total. The molecule has 152 valence electrons. The molecule has 0 radical (unpaired) electrons. The summed E-state index contributed by atoms with van der Waals surface area (Å²) in [6.45, 7) is 5.73. The molecule has 0 aliphatic rings. The Morgan fingerprint density at radius 1 is 1.10 bits per heavy atom. The van der Waals surface area contributed by atoms with Crippen LogP contribution < -0.4 is 10.0 Å². The van der Waals surface area contributed by atoms with E-state index in [1.165, 1.54) is 35.6 Å². The molecule has 1 unspecified atom stereocenters. The first-order valence-corrected chi connectivity index (χ1v) is 11.6. The third-order valence-corrected chi connectivity index (χ3v) is 6.92. The number of hydrogen-bond acceptors (Lipinski definition) is 5. The van der Waals surface area contributed by atoms with E-state index in [4.69, 9.17) is 0 Å². The highest BCUT2D eigenvalue weighted by Crippen LogP contribution is 2.22. The van der Waals surface area contributed by atoms with Gasteiger partial charge in [-0.1, -0.05) is 25.1 Å². The molecule has 0 bridgehead atoms. The van der Waals surface area contributed by atoms with Gasteiger partial charge < -0.3 is 5.32 Å². The van der Waals surface area contributed by atoms with Crippen LogP contribution >= 0.6 is 11.3 Å². The van der Waals surface area contributed by atoms with Crippen LogP contribution in [0.4, 0.5) is 5.69 Å². The molecule has 0 aliphatic heterocycles. The van der Waals surface area contributed by atoms with E-state index in [1.54, 1.807) is 12.1 Å². The van der Waals surface area contributed by atoms with Gasteiger partial charge in [-0.2, -0.15) is 0 Å². The third-order valence-electron chi connectivity index (χ3n) is 4.46. The average Bonchev–Trinajstić information content (AvgIpc) is 3.14. The first kappa shape index (κ1) is 21.0. The average molecular weight is 430 g/mol. The van der Waals surface area contributed by atoms with Gasteiger partial charge in [-0.05, 0) is 56.2 Å². The zero-order valence-corrected chi connectivity index (χ0v) is 18.1. The van der Waals surface area contributed by atoms with Crippen LogP contribution in [0.5, 0.6) is 0 Å². The van der Waals surface area contributed by atoms with E-state index in [0.717, 1.165) is 16.3 Å². The van der Waals surface area contributed by atoms with E-state index in [9.17, 15) is 13.2 Å². The van der Waals surface area contributed by atoms with Crippen LogP contribution in [0.25, 0.3) is 0 Å². The highest BCUT2D eigenvalue weighted by atomic mass is 32.2. The van der Waals surface area contributed by atoms with Crippen LogP contribution in [0.1, 0.15) is 46.0 Å². The number of aromatic nitrogens is 1. The fourth-order valence-corrected chi connectivity index (χ4v) is 4.85. The lowest BCUT2D eigenvalue weighted by molar-refractivity contribution is 0.0935. The first-order valence-electron chi connectivity index (χ1n) is 9.21. The van der Waals surface area contributed by atoms with Crippen molar-refractivity contribution in [2.75, 3.05) is 4.72 Å². The molecule has 6 nitrogen and oxygen atoms in total. The Hall–Kier alpha value is -2.71. The molecular weight excluding hydrogens is 406 g/mol. The van der Waals surface area contributed by atoms with E-state index in [-0.39, 0.29) is 16.8 Å².